The van der Waals surface area contributed by atoms with Crippen molar-refractivity contribution < 1.29 is 9.90 Å². The minimum Gasteiger partial charge on any atom is -0.388 e. The number of nitrogens with zero attached hydrogens (tertiary/aromatic N) is 3. The molecule has 0 aliphatic carbocycles. The summed E-state index contributed by atoms with van der Waals surface area (Å²) in [6.07, 6.45) is 2.82. The third-order valence-corrected chi connectivity index (χ3v) is 5.20. The molecule has 1 N–H and O–H groups in total. The third-order valence-electron chi connectivity index (χ3n) is 4.90. The van der Waals surface area contributed by atoms with Crippen LogP contribution in [0, 0.1) is 0 Å². The van der Waals surface area contributed by atoms with Gasteiger partial charge in [-0.3, -0.25) is 9.69 Å². The van der Waals surface area contributed by atoms with Crippen molar-refractivity contribution in [2.75, 3.05) is 26.7 Å². The zero-order valence-corrected chi connectivity index (χ0v) is 15.7. The van der Waals surface area contributed by atoms with Crippen molar-refractivity contribution in [3.63, 3.8) is 0 Å². The monoisotopic (exact) mass is 373 g/mol. The zero-order chi connectivity index (χ0) is 18.6. The van der Waals surface area contributed by atoms with Gasteiger partial charge in [-0.05, 0) is 30.5 Å². The molecule has 1 aliphatic rings. The molecule has 2 aromatic rings. The minimum absolute atomic E-state index is 0.189. The van der Waals surface area contributed by atoms with E-state index in [-0.39, 0.29) is 17.6 Å². The normalized spacial score (nSPS) is 17.0. The van der Waals surface area contributed by atoms with E-state index < -0.39 is 5.60 Å². The molecule has 0 atom stereocenters. The van der Waals surface area contributed by atoms with Crippen molar-refractivity contribution in [2.45, 2.75) is 25.0 Å². The first-order chi connectivity index (χ1) is 12.5. The number of aromatic nitrogens is 1. The topological polar surface area (TPSA) is 56.7 Å². The quantitative estimate of drug-likeness (QED) is 0.819. The number of rotatable bonds is 5. The predicted octanol–water partition coefficient (Wildman–Crippen LogP) is 2.83. The number of piperidine rings is 1. The van der Waals surface area contributed by atoms with Gasteiger partial charge in [0, 0.05) is 39.4 Å². The van der Waals surface area contributed by atoms with Crippen LogP contribution in [-0.2, 0) is 6.54 Å². The fraction of sp³-hybridized carbons (Fsp3) is 0.400. The summed E-state index contributed by atoms with van der Waals surface area (Å²) in [4.78, 5) is 20.4. The summed E-state index contributed by atoms with van der Waals surface area (Å²) in [6, 6.07) is 13.7. The van der Waals surface area contributed by atoms with Crippen LogP contribution in [0.15, 0.2) is 48.7 Å². The second-order valence-corrected chi connectivity index (χ2v) is 7.35. The van der Waals surface area contributed by atoms with E-state index in [1.165, 1.54) is 10.5 Å². The highest BCUT2D eigenvalue weighted by Gasteiger charge is 2.34. The second kappa shape index (κ2) is 8.16. The number of likely N-dealkylation sites (N-methyl/N-ethyl adjacent to an activating group) is 1. The number of aliphatic hydroxyl groups is 1. The van der Waals surface area contributed by atoms with Crippen molar-refractivity contribution in [1.82, 2.24) is 14.8 Å². The van der Waals surface area contributed by atoms with E-state index in [1.807, 2.05) is 18.2 Å². The van der Waals surface area contributed by atoms with Crippen LogP contribution in [0.3, 0.4) is 0 Å². The third kappa shape index (κ3) is 4.61. The molecule has 1 aromatic heterocycles. The molecular weight excluding hydrogens is 350 g/mol. The van der Waals surface area contributed by atoms with Gasteiger partial charge in [0.2, 0.25) is 0 Å². The summed E-state index contributed by atoms with van der Waals surface area (Å²) in [5.41, 5.74) is 0.768. The van der Waals surface area contributed by atoms with Gasteiger partial charge in [0.1, 0.15) is 5.15 Å². The van der Waals surface area contributed by atoms with E-state index >= 15 is 0 Å². The Kier molecular flexibility index (Phi) is 5.91. The van der Waals surface area contributed by atoms with Gasteiger partial charge in [-0.1, -0.05) is 41.9 Å². The Bertz CT molecular complexity index is 746. The van der Waals surface area contributed by atoms with E-state index in [0.29, 0.717) is 18.4 Å². The molecule has 0 bridgehead atoms. The summed E-state index contributed by atoms with van der Waals surface area (Å²) in [7, 11) is 1.69. The average molecular weight is 374 g/mol. The first kappa shape index (κ1) is 18.8. The number of amides is 1. The van der Waals surface area contributed by atoms with Crippen LogP contribution in [0.5, 0.6) is 0 Å². The van der Waals surface area contributed by atoms with E-state index in [4.69, 9.17) is 11.6 Å². The summed E-state index contributed by atoms with van der Waals surface area (Å²) in [5.74, 6) is -0.219. The molecule has 1 saturated heterocycles. The molecule has 1 aliphatic heterocycles. The van der Waals surface area contributed by atoms with Gasteiger partial charge < -0.3 is 10.0 Å². The maximum Gasteiger partial charge on any atom is 0.256 e. The number of pyridine rings is 1. The molecule has 0 unspecified atom stereocenters. The number of hydrogen-bond acceptors (Lipinski definition) is 4. The van der Waals surface area contributed by atoms with Gasteiger partial charge in [-0.25, -0.2) is 4.98 Å². The largest absolute Gasteiger partial charge is 0.388 e. The van der Waals surface area contributed by atoms with Crippen molar-refractivity contribution in [3.8, 4) is 0 Å². The van der Waals surface area contributed by atoms with Gasteiger partial charge in [0.05, 0.1) is 11.2 Å². The maximum atomic E-state index is 12.6. The Morgan fingerprint density at radius 2 is 1.92 bits per heavy atom. The fourth-order valence-electron chi connectivity index (χ4n) is 3.39. The second-order valence-electron chi connectivity index (χ2n) is 6.99. The number of halogens is 1. The highest BCUT2D eigenvalue weighted by atomic mass is 35.5. The van der Waals surface area contributed by atoms with Gasteiger partial charge in [-0.2, -0.15) is 0 Å². The first-order valence-electron chi connectivity index (χ1n) is 8.81. The standard InChI is InChI=1S/C20H24ClN3O2/c1-23(19(25)17-8-5-11-22-18(17)21)15-20(26)9-12-24(13-10-20)14-16-6-3-2-4-7-16/h2-8,11,26H,9-10,12-15H2,1H3. The van der Waals surface area contributed by atoms with Crippen LogP contribution < -0.4 is 0 Å². The van der Waals surface area contributed by atoms with Crippen molar-refractivity contribution in [2.24, 2.45) is 0 Å². The Balaban J connectivity index is 1.55. The van der Waals surface area contributed by atoms with Gasteiger partial charge in [0.15, 0.2) is 0 Å². The number of carbonyl (C=O) groups excluding carboxylic acids is 1. The molecule has 2 heterocycles. The predicted molar refractivity (Wildman–Crippen MR) is 102 cm³/mol. The Morgan fingerprint density at radius 3 is 2.58 bits per heavy atom. The van der Waals surface area contributed by atoms with Gasteiger partial charge in [-0.15, -0.1) is 0 Å². The molecule has 0 radical (unpaired) electrons. The summed E-state index contributed by atoms with van der Waals surface area (Å²) in [5, 5.41) is 11.1. The Morgan fingerprint density at radius 1 is 1.23 bits per heavy atom. The lowest BCUT2D eigenvalue weighted by Crippen LogP contribution is -2.51. The van der Waals surface area contributed by atoms with Crippen molar-refractivity contribution >= 4 is 17.5 Å². The molecule has 5 nitrogen and oxygen atoms in total. The fourth-order valence-corrected chi connectivity index (χ4v) is 3.59. The number of benzene rings is 1. The zero-order valence-electron chi connectivity index (χ0n) is 14.9. The minimum atomic E-state index is -0.869. The first-order valence-corrected chi connectivity index (χ1v) is 9.19. The summed E-state index contributed by atoms with van der Waals surface area (Å²) >= 11 is 6.01. The molecule has 0 saturated carbocycles. The number of likely N-dealkylation sites (tertiary alicyclic amines) is 1. The molecule has 138 valence electrons. The molecule has 1 amide bonds. The Labute approximate surface area is 159 Å². The van der Waals surface area contributed by atoms with Crippen LogP contribution in [0.2, 0.25) is 5.15 Å². The van der Waals surface area contributed by atoms with E-state index in [9.17, 15) is 9.90 Å². The summed E-state index contributed by atoms with van der Waals surface area (Å²) in [6.45, 7) is 2.79. The van der Waals surface area contributed by atoms with Crippen LogP contribution in [0.4, 0.5) is 0 Å². The Hall–Kier alpha value is -1.95. The number of carbonyl (C=O) groups is 1. The maximum absolute atomic E-state index is 12.6. The van der Waals surface area contributed by atoms with Crippen LogP contribution in [0.1, 0.15) is 28.8 Å². The number of hydrogen-bond donors (Lipinski definition) is 1. The highest BCUT2D eigenvalue weighted by Crippen LogP contribution is 2.25. The van der Waals surface area contributed by atoms with Gasteiger partial charge in [0.25, 0.3) is 5.91 Å². The van der Waals surface area contributed by atoms with E-state index in [0.717, 1.165) is 19.6 Å². The highest BCUT2D eigenvalue weighted by molar-refractivity contribution is 6.32. The molecule has 0 spiro atoms. The van der Waals surface area contributed by atoms with Crippen LogP contribution >= 0.6 is 11.6 Å². The van der Waals surface area contributed by atoms with Crippen molar-refractivity contribution in [1.29, 1.82) is 0 Å². The molecular formula is C20H24ClN3O2. The smallest absolute Gasteiger partial charge is 0.256 e. The van der Waals surface area contributed by atoms with E-state index in [1.54, 1.807) is 25.4 Å². The molecule has 6 heteroatoms. The van der Waals surface area contributed by atoms with Crippen molar-refractivity contribution in [3.05, 3.63) is 64.9 Å². The van der Waals surface area contributed by atoms with E-state index in [2.05, 4.69) is 22.0 Å². The summed E-state index contributed by atoms with van der Waals surface area (Å²) < 4.78 is 0. The van der Waals surface area contributed by atoms with Crippen LogP contribution in [-0.4, -0.2) is 58.1 Å². The van der Waals surface area contributed by atoms with Crippen LogP contribution in [0.25, 0.3) is 0 Å². The molecule has 1 fully saturated rings. The lowest BCUT2D eigenvalue weighted by molar-refractivity contribution is -0.0389. The average Bonchev–Trinajstić information content (AvgIpc) is 2.64. The molecule has 26 heavy (non-hydrogen) atoms. The molecule has 3 rings (SSSR count). The lowest BCUT2D eigenvalue weighted by Gasteiger charge is -2.40. The molecule has 1 aromatic carbocycles. The SMILES string of the molecule is CN(CC1(O)CCN(Cc2ccccc2)CC1)C(=O)c1cccnc1Cl. The lowest BCUT2D eigenvalue weighted by atomic mass is 9.90. The van der Waals surface area contributed by atoms with Gasteiger partial charge >= 0.3 is 0 Å².